The first kappa shape index (κ1) is 31.7. The average molecular weight is 624 g/mol. The molecule has 9 heteroatoms. The second-order valence-electron chi connectivity index (χ2n) is 11.8. The van der Waals surface area contributed by atoms with Crippen LogP contribution in [0.15, 0.2) is 103 Å². The second kappa shape index (κ2) is 15.4. The van der Waals surface area contributed by atoms with Crippen molar-refractivity contribution in [1.82, 2.24) is 10.2 Å². The van der Waals surface area contributed by atoms with Crippen molar-refractivity contribution >= 4 is 11.7 Å². The van der Waals surface area contributed by atoms with Gasteiger partial charge in [-0.1, -0.05) is 66.7 Å². The van der Waals surface area contributed by atoms with Crippen LogP contribution in [0.3, 0.4) is 0 Å². The van der Waals surface area contributed by atoms with E-state index in [1.165, 1.54) is 0 Å². The van der Waals surface area contributed by atoms with E-state index in [1.54, 1.807) is 12.1 Å². The van der Waals surface area contributed by atoms with Gasteiger partial charge in [-0.25, -0.2) is 4.79 Å². The van der Waals surface area contributed by atoms with E-state index >= 15 is 0 Å². The van der Waals surface area contributed by atoms with E-state index in [2.05, 4.69) is 15.5 Å². The van der Waals surface area contributed by atoms with Crippen molar-refractivity contribution in [1.29, 1.82) is 0 Å². The van der Waals surface area contributed by atoms with Crippen LogP contribution in [0.5, 0.6) is 11.5 Å². The average Bonchev–Trinajstić information content (AvgIpc) is 3.56. The normalized spacial score (nSPS) is 21.5. The summed E-state index contributed by atoms with van der Waals surface area (Å²) in [5, 5.41) is 25.1. The molecule has 0 saturated carbocycles. The Morgan fingerprint density at radius 1 is 0.826 bits per heavy atom. The zero-order valence-corrected chi connectivity index (χ0v) is 25.8. The van der Waals surface area contributed by atoms with Gasteiger partial charge in [0.25, 0.3) is 0 Å². The third kappa shape index (κ3) is 8.31. The lowest BCUT2D eigenvalue weighted by Gasteiger charge is -2.38. The molecule has 46 heavy (non-hydrogen) atoms. The summed E-state index contributed by atoms with van der Waals surface area (Å²) in [5.41, 5.74) is 4.40. The largest absolute Gasteiger partial charge is 0.457 e. The highest BCUT2D eigenvalue weighted by molar-refractivity contribution is 5.89. The van der Waals surface area contributed by atoms with Gasteiger partial charge in [0.1, 0.15) is 11.5 Å². The second-order valence-corrected chi connectivity index (χ2v) is 11.8. The zero-order chi connectivity index (χ0) is 31.7. The molecule has 0 aliphatic carbocycles. The molecule has 0 radical (unpaired) electrons. The van der Waals surface area contributed by atoms with Gasteiger partial charge < -0.3 is 35.1 Å². The quantitative estimate of drug-likeness (QED) is 0.155. The predicted octanol–water partition coefficient (Wildman–Crippen LogP) is 6.30. The van der Waals surface area contributed by atoms with Crippen molar-refractivity contribution in [2.45, 2.75) is 57.0 Å². The Morgan fingerprint density at radius 2 is 1.52 bits per heavy atom. The first-order valence-corrected chi connectivity index (χ1v) is 15.9. The summed E-state index contributed by atoms with van der Waals surface area (Å²) >= 11 is 0. The molecular weight excluding hydrogens is 582 g/mol. The summed E-state index contributed by atoms with van der Waals surface area (Å²) in [6, 6.07) is 32.4. The minimum Gasteiger partial charge on any atom is -0.457 e. The molecule has 6 rings (SSSR count). The van der Waals surface area contributed by atoms with Gasteiger partial charge in [0.2, 0.25) is 0 Å². The monoisotopic (exact) mass is 623 g/mol. The summed E-state index contributed by atoms with van der Waals surface area (Å²) < 4.78 is 18.8. The smallest absolute Gasteiger partial charge is 0.319 e. The summed E-state index contributed by atoms with van der Waals surface area (Å²) in [6.07, 6.45) is 1.97. The van der Waals surface area contributed by atoms with Gasteiger partial charge in [-0.15, -0.1) is 0 Å². The van der Waals surface area contributed by atoms with Gasteiger partial charge in [-0.2, -0.15) is 0 Å². The number of amides is 2. The van der Waals surface area contributed by atoms with E-state index < -0.39 is 6.29 Å². The van der Waals surface area contributed by atoms with Gasteiger partial charge in [0.15, 0.2) is 6.29 Å². The van der Waals surface area contributed by atoms with Crippen molar-refractivity contribution in [3.63, 3.8) is 0 Å². The summed E-state index contributed by atoms with van der Waals surface area (Å²) in [7, 11) is 0. The predicted molar refractivity (Wildman–Crippen MR) is 175 cm³/mol. The number of rotatable bonds is 11. The number of anilines is 1. The molecule has 4 N–H and O–H groups in total. The van der Waals surface area contributed by atoms with Gasteiger partial charge in [0, 0.05) is 36.8 Å². The molecule has 2 amide bonds. The molecule has 240 valence electrons. The van der Waals surface area contributed by atoms with Crippen molar-refractivity contribution in [3.05, 3.63) is 125 Å². The fourth-order valence-electron chi connectivity index (χ4n) is 6.02. The van der Waals surface area contributed by atoms with Crippen LogP contribution in [0.2, 0.25) is 0 Å². The highest BCUT2D eigenvalue weighted by atomic mass is 16.7. The number of likely N-dealkylation sites (tertiary alicyclic amines) is 1. The molecule has 2 aliphatic rings. The number of nitrogens with one attached hydrogen (secondary N) is 2. The molecule has 2 aliphatic heterocycles. The van der Waals surface area contributed by atoms with E-state index in [1.807, 2.05) is 91.0 Å². The van der Waals surface area contributed by atoms with E-state index in [0.29, 0.717) is 24.4 Å². The number of hydrogen-bond acceptors (Lipinski definition) is 7. The Kier molecular flexibility index (Phi) is 10.6. The first-order chi connectivity index (χ1) is 22.6. The molecule has 9 nitrogen and oxygen atoms in total. The number of urea groups is 1. The van der Waals surface area contributed by atoms with Crippen LogP contribution in [0.25, 0.3) is 0 Å². The number of aliphatic hydroxyl groups excluding tert-OH is 2. The number of benzene rings is 4. The fourth-order valence-corrected chi connectivity index (χ4v) is 6.02. The van der Waals surface area contributed by atoms with Crippen LogP contribution < -0.4 is 15.4 Å². The minimum absolute atomic E-state index is 0.00173. The van der Waals surface area contributed by atoms with Crippen molar-refractivity contribution in [2.75, 3.05) is 25.0 Å². The minimum atomic E-state index is -0.560. The molecular formula is C37H41N3O6. The molecule has 4 aromatic rings. The number of hydrogen-bond donors (Lipinski definition) is 4. The summed E-state index contributed by atoms with van der Waals surface area (Å²) in [5.74, 6) is 1.44. The van der Waals surface area contributed by atoms with E-state index in [9.17, 15) is 15.0 Å². The molecule has 4 atom stereocenters. The Bertz CT molecular complexity index is 1530. The lowest BCUT2D eigenvalue weighted by atomic mass is 9.99. The van der Waals surface area contributed by atoms with Gasteiger partial charge in [-0.3, -0.25) is 4.90 Å². The maximum absolute atomic E-state index is 12.6. The SMILES string of the molecule is O=C(NCc1ccc([C@@H]2O[C@H](CN3CCC[C@H]3CO)C[C@H](c3ccc(CO)cc3)O2)cc1)Nc1ccc(Oc2ccccc2)cc1. The third-order valence-electron chi connectivity index (χ3n) is 8.56. The maximum Gasteiger partial charge on any atom is 0.319 e. The Morgan fingerprint density at radius 3 is 2.24 bits per heavy atom. The van der Waals surface area contributed by atoms with Crippen LogP contribution in [0.4, 0.5) is 10.5 Å². The topological polar surface area (TPSA) is 113 Å². The number of aliphatic hydroxyl groups is 2. The molecule has 0 spiro atoms. The lowest BCUT2D eigenvalue weighted by molar-refractivity contribution is -0.253. The summed E-state index contributed by atoms with van der Waals surface area (Å²) in [4.78, 5) is 14.9. The molecule has 0 aromatic heterocycles. The number of carbonyl (C=O) groups is 1. The lowest BCUT2D eigenvalue weighted by Crippen LogP contribution is -2.42. The van der Waals surface area contributed by atoms with E-state index in [0.717, 1.165) is 53.9 Å². The van der Waals surface area contributed by atoms with E-state index in [4.69, 9.17) is 14.2 Å². The number of para-hydroxylation sites is 1. The Hall–Kier alpha value is -4.25. The van der Waals surface area contributed by atoms with Crippen LogP contribution >= 0.6 is 0 Å². The molecule has 2 saturated heterocycles. The van der Waals surface area contributed by atoms with Crippen LogP contribution in [0, 0.1) is 0 Å². The zero-order valence-electron chi connectivity index (χ0n) is 25.8. The summed E-state index contributed by atoms with van der Waals surface area (Å²) in [6.45, 7) is 2.19. The highest BCUT2D eigenvalue weighted by Gasteiger charge is 2.35. The standard InChI is InChI=1S/C37H41N3O6/c41-24-27-10-12-28(13-11-27)35-21-34(23-40-20-4-5-31(40)25-42)45-36(46-35)29-14-8-26(9-15-29)22-38-37(43)39-30-16-18-33(19-17-30)44-32-6-2-1-3-7-32/h1-3,6-19,31,34-36,41-42H,4-5,20-25H2,(H2,38,39,43)/t31-,34-,35+,36+/m0/s1. The van der Waals surface area contributed by atoms with Crippen molar-refractivity contribution < 1.29 is 29.2 Å². The van der Waals surface area contributed by atoms with Crippen molar-refractivity contribution in [2.24, 2.45) is 0 Å². The molecule has 2 heterocycles. The highest BCUT2D eigenvalue weighted by Crippen LogP contribution is 2.38. The number of nitrogens with zero attached hydrogens (tertiary/aromatic N) is 1. The third-order valence-corrected chi connectivity index (χ3v) is 8.56. The Balaban J connectivity index is 1.05. The molecule has 0 unspecified atom stereocenters. The van der Waals surface area contributed by atoms with Gasteiger partial charge in [-0.05, 0) is 72.5 Å². The van der Waals surface area contributed by atoms with Gasteiger partial charge >= 0.3 is 6.03 Å². The van der Waals surface area contributed by atoms with Crippen LogP contribution in [-0.2, 0) is 22.6 Å². The van der Waals surface area contributed by atoms with E-state index in [-0.39, 0.29) is 37.5 Å². The van der Waals surface area contributed by atoms with Crippen LogP contribution in [-0.4, -0.2) is 53.0 Å². The Labute approximate surface area is 269 Å². The molecule has 4 aromatic carbocycles. The van der Waals surface area contributed by atoms with Crippen LogP contribution in [0.1, 0.15) is 53.9 Å². The maximum atomic E-state index is 12.6. The number of carbonyl (C=O) groups excluding carboxylic acids is 1. The fraction of sp³-hybridized carbons (Fsp3) is 0.324. The van der Waals surface area contributed by atoms with Gasteiger partial charge in [0.05, 0.1) is 25.4 Å². The van der Waals surface area contributed by atoms with Crippen molar-refractivity contribution in [3.8, 4) is 11.5 Å². The number of ether oxygens (including phenoxy) is 3. The molecule has 0 bridgehead atoms. The molecule has 2 fully saturated rings. The first-order valence-electron chi connectivity index (χ1n) is 15.9.